The molecule has 3 aromatic rings. The molecule has 0 aliphatic carbocycles. The van der Waals surface area contributed by atoms with Gasteiger partial charge in [-0.05, 0) is 56.3 Å². The highest BCUT2D eigenvalue weighted by Crippen LogP contribution is 2.25. The zero-order chi connectivity index (χ0) is 16.9. The summed E-state index contributed by atoms with van der Waals surface area (Å²) in [6.07, 6.45) is 0. The van der Waals surface area contributed by atoms with Gasteiger partial charge in [-0.25, -0.2) is 0 Å². The first kappa shape index (κ1) is 16.0. The Hall–Kier alpha value is -2.87. The van der Waals surface area contributed by atoms with E-state index in [0.29, 0.717) is 5.56 Å². The first-order chi connectivity index (χ1) is 11.7. The van der Waals surface area contributed by atoms with Gasteiger partial charge in [0.25, 0.3) is 0 Å². The summed E-state index contributed by atoms with van der Waals surface area (Å²) < 4.78 is 0. The standard InChI is InChI=1S/C22H21NO/c1-3-23(20-10-5-4-6-11-20)21-14-12-18(13-15-21)22(24)19-9-7-8-17(2)16-19/h4-16H,3H2,1-2H3. The number of carbonyl (C=O) groups is 1. The average molecular weight is 315 g/mol. The van der Waals surface area contributed by atoms with E-state index in [9.17, 15) is 4.79 Å². The smallest absolute Gasteiger partial charge is 0.193 e. The van der Waals surface area contributed by atoms with Gasteiger partial charge in [-0.2, -0.15) is 0 Å². The molecule has 3 rings (SSSR count). The summed E-state index contributed by atoms with van der Waals surface area (Å²) in [6, 6.07) is 25.8. The van der Waals surface area contributed by atoms with E-state index in [2.05, 4.69) is 24.0 Å². The molecule has 2 nitrogen and oxygen atoms in total. The molecule has 3 aromatic carbocycles. The summed E-state index contributed by atoms with van der Waals surface area (Å²) in [5, 5.41) is 0. The minimum absolute atomic E-state index is 0.0630. The zero-order valence-electron chi connectivity index (χ0n) is 14.1. The number of hydrogen-bond acceptors (Lipinski definition) is 2. The maximum atomic E-state index is 12.6. The largest absolute Gasteiger partial charge is 0.342 e. The van der Waals surface area contributed by atoms with Crippen LogP contribution in [0.5, 0.6) is 0 Å². The van der Waals surface area contributed by atoms with E-state index in [1.165, 1.54) is 0 Å². The highest BCUT2D eigenvalue weighted by Gasteiger charge is 2.11. The molecule has 0 atom stereocenters. The van der Waals surface area contributed by atoms with E-state index in [-0.39, 0.29) is 5.78 Å². The molecule has 0 unspecified atom stereocenters. The van der Waals surface area contributed by atoms with Gasteiger partial charge < -0.3 is 4.90 Å². The number of benzene rings is 3. The molecule has 0 radical (unpaired) electrons. The number of hydrogen-bond donors (Lipinski definition) is 0. The van der Waals surface area contributed by atoms with Crippen LogP contribution in [-0.2, 0) is 0 Å². The van der Waals surface area contributed by atoms with Crippen molar-refractivity contribution in [1.82, 2.24) is 0 Å². The minimum atomic E-state index is 0.0630. The quantitative estimate of drug-likeness (QED) is 0.589. The lowest BCUT2D eigenvalue weighted by molar-refractivity contribution is 0.103. The van der Waals surface area contributed by atoms with Gasteiger partial charge in [0, 0.05) is 29.0 Å². The summed E-state index contributed by atoms with van der Waals surface area (Å²) in [6.45, 7) is 4.99. The molecule has 0 bridgehead atoms. The van der Waals surface area contributed by atoms with Gasteiger partial charge in [-0.15, -0.1) is 0 Å². The summed E-state index contributed by atoms with van der Waals surface area (Å²) in [5.41, 5.74) is 4.78. The fraction of sp³-hybridized carbons (Fsp3) is 0.136. The zero-order valence-corrected chi connectivity index (χ0v) is 14.1. The van der Waals surface area contributed by atoms with Crippen LogP contribution >= 0.6 is 0 Å². The molecule has 2 heteroatoms. The fourth-order valence-electron chi connectivity index (χ4n) is 2.87. The molecule has 0 fully saturated rings. The fourth-order valence-corrected chi connectivity index (χ4v) is 2.87. The van der Waals surface area contributed by atoms with Gasteiger partial charge >= 0.3 is 0 Å². The van der Waals surface area contributed by atoms with Gasteiger partial charge in [0.2, 0.25) is 0 Å². The van der Waals surface area contributed by atoms with Crippen LogP contribution in [0, 0.1) is 6.92 Å². The van der Waals surface area contributed by atoms with Crippen molar-refractivity contribution in [3.05, 3.63) is 95.6 Å². The lowest BCUT2D eigenvalue weighted by Gasteiger charge is -2.23. The number of aryl methyl sites for hydroxylation is 1. The molecule has 0 N–H and O–H groups in total. The summed E-state index contributed by atoms with van der Waals surface area (Å²) in [5.74, 6) is 0.0630. The second kappa shape index (κ2) is 7.14. The van der Waals surface area contributed by atoms with Crippen molar-refractivity contribution >= 4 is 17.2 Å². The van der Waals surface area contributed by atoms with Crippen LogP contribution in [0.1, 0.15) is 28.4 Å². The van der Waals surface area contributed by atoms with Crippen LogP contribution in [-0.4, -0.2) is 12.3 Å². The first-order valence-corrected chi connectivity index (χ1v) is 8.23. The highest BCUT2D eigenvalue weighted by molar-refractivity contribution is 6.09. The van der Waals surface area contributed by atoms with E-state index < -0.39 is 0 Å². The maximum absolute atomic E-state index is 12.6. The molecule has 0 aliphatic heterocycles. The van der Waals surface area contributed by atoms with Crippen molar-refractivity contribution in [2.75, 3.05) is 11.4 Å². The Balaban J connectivity index is 1.86. The Morgan fingerprint density at radius 3 is 2.08 bits per heavy atom. The molecule has 0 saturated carbocycles. The molecule has 0 saturated heterocycles. The van der Waals surface area contributed by atoms with E-state index in [1.54, 1.807) is 0 Å². The Bertz CT molecular complexity index is 822. The molecule has 0 spiro atoms. The predicted molar refractivity (Wildman–Crippen MR) is 100 cm³/mol. The Morgan fingerprint density at radius 2 is 1.46 bits per heavy atom. The van der Waals surface area contributed by atoms with Crippen molar-refractivity contribution in [3.63, 3.8) is 0 Å². The van der Waals surface area contributed by atoms with Gasteiger partial charge in [0.05, 0.1) is 0 Å². The number of ketones is 1. The van der Waals surface area contributed by atoms with Gasteiger partial charge in [0.15, 0.2) is 5.78 Å². The van der Waals surface area contributed by atoms with Crippen LogP contribution in [0.2, 0.25) is 0 Å². The van der Waals surface area contributed by atoms with E-state index in [0.717, 1.165) is 29.0 Å². The number of carbonyl (C=O) groups excluding carboxylic acids is 1. The highest BCUT2D eigenvalue weighted by atomic mass is 16.1. The number of nitrogens with zero attached hydrogens (tertiary/aromatic N) is 1. The van der Waals surface area contributed by atoms with E-state index in [1.807, 2.05) is 73.7 Å². The SMILES string of the molecule is CCN(c1ccccc1)c1ccc(C(=O)c2cccc(C)c2)cc1. The second-order valence-electron chi connectivity index (χ2n) is 5.83. The first-order valence-electron chi connectivity index (χ1n) is 8.23. The van der Waals surface area contributed by atoms with Crippen LogP contribution in [0.3, 0.4) is 0 Å². The van der Waals surface area contributed by atoms with Crippen LogP contribution in [0.15, 0.2) is 78.9 Å². The number of rotatable bonds is 5. The lowest BCUT2D eigenvalue weighted by atomic mass is 10.0. The Morgan fingerprint density at radius 1 is 0.792 bits per heavy atom. The normalized spacial score (nSPS) is 10.4. The average Bonchev–Trinajstić information content (AvgIpc) is 2.63. The third-order valence-electron chi connectivity index (χ3n) is 4.11. The van der Waals surface area contributed by atoms with Crippen molar-refractivity contribution in [2.24, 2.45) is 0 Å². The van der Waals surface area contributed by atoms with Crippen molar-refractivity contribution in [2.45, 2.75) is 13.8 Å². The molecule has 0 aromatic heterocycles. The molecular weight excluding hydrogens is 294 g/mol. The van der Waals surface area contributed by atoms with Crippen LogP contribution < -0.4 is 4.90 Å². The molecule has 0 amide bonds. The third kappa shape index (κ3) is 3.38. The topological polar surface area (TPSA) is 20.3 Å². The van der Waals surface area contributed by atoms with Crippen molar-refractivity contribution in [3.8, 4) is 0 Å². The lowest BCUT2D eigenvalue weighted by Crippen LogP contribution is -2.15. The molecule has 0 aliphatic rings. The predicted octanol–water partition coefficient (Wildman–Crippen LogP) is 5.38. The van der Waals surface area contributed by atoms with Crippen LogP contribution in [0.25, 0.3) is 0 Å². The van der Waals surface area contributed by atoms with Crippen molar-refractivity contribution in [1.29, 1.82) is 0 Å². The number of para-hydroxylation sites is 1. The molecule has 24 heavy (non-hydrogen) atoms. The van der Waals surface area contributed by atoms with Gasteiger partial charge in [-0.1, -0.05) is 42.0 Å². The molecule has 120 valence electrons. The minimum Gasteiger partial charge on any atom is -0.342 e. The van der Waals surface area contributed by atoms with Gasteiger partial charge in [0.1, 0.15) is 0 Å². The Labute approximate surface area is 143 Å². The third-order valence-corrected chi connectivity index (χ3v) is 4.11. The second-order valence-corrected chi connectivity index (χ2v) is 5.83. The monoisotopic (exact) mass is 315 g/mol. The Kier molecular flexibility index (Phi) is 4.76. The summed E-state index contributed by atoms with van der Waals surface area (Å²) in [4.78, 5) is 14.8. The maximum Gasteiger partial charge on any atom is 0.193 e. The van der Waals surface area contributed by atoms with Gasteiger partial charge in [-0.3, -0.25) is 4.79 Å². The molecular formula is C22H21NO. The van der Waals surface area contributed by atoms with E-state index >= 15 is 0 Å². The number of anilines is 2. The van der Waals surface area contributed by atoms with Crippen molar-refractivity contribution < 1.29 is 4.79 Å². The van der Waals surface area contributed by atoms with Crippen LogP contribution in [0.4, 0.5) is 11.4 Å². The summed E-state index contributed by atoms with van der Waals surface area (Å²) >= 11 is 0. The van der Waals surface area contributed by atoms with E-state index in [4.69, 9.17) is 0 Å². The summed E-state index contributed by atoms with van der Waals surface area (Å²) in [7, 11) is 0. The molecule has 0 heterocycles.